The first kappa shape index (κ1) is 12.5. The first-order valence-corrected chi connectivity index (χ1v) is 6.97. The summed E-state index contributed by atoms with van der Waals surface area (Å²) >= 11 is 3.53. The molecule has 1 fully saturated rings. The third kappa shape index (κ3) is 1.92. The highest BCUT2D eigenvalue weighted by Crippen LogP contribution is 2.45. The van der Waals surface area contributed by atoms with Gasteiger partial charge in [0.05, 0.1) is 29.1 Å². The third-order valence-corrected chi connectivity index (χ3v) is 4.22. The van der Waals surface area contributed by atoms with Crippen molar-refractivity contribution < 1.29 is 13.9 Å². The number of hydrogen-bond donors (Lipinski definition) is 0. The van der Waals surface area contributed by atoms with E-state index < -0.39 is 0 Å². The molecule has 1 aliphatic rings. The van der Waals surface area contributed by atoms with Crippen molar-refractivity contribution >= 4 is 21.9 Å². The highest BCUT2D eigenvalue weighted by molar-refractivity contribution is 9.10. The predicted molar refractivity (Wildman–Crippen MR) is 74.2 cm³/mol. The smallest absolute Gasteiger partial charge is 0.340 e. The van der Waals surface area contributed by atoms with Crippen LogP contribution in [0.4, 0.5) is 0 Å². The van der Waals surface area contributed by atoms with Gasteiger partial charge in [-0.15, -0.1) is 0 Å². The maximum atomic E-state index is 11.9. The van der Waals surface area contributed by atoms with Crippen LogP contribution in [0.25, 0.3) is 11.5 Å². The van der Waals surface area contributed by atoms with Crippen LogP contribution in [0.15, 0.2) is 27.3 Å². The van der Waals surface area contributed by atoms with E-state index in [-0.39, 0.29) is 5.97 Å². The molecule has 0 bridgehead atoms. The Kier molecular flexibility index (Phi) is 3.01. The summed E-state index contributed by atoms with van der Waals surface area (Å²) in [7, 11) is 1.40. The van der Waals surface area contributed by atoms with Crippen molar-refractivity contribution in [1.29, 1.82) is 0 Å². The molecule has 1 aliphatic carbocycles. The molecule has 0 radical (unpaired) electrons. The fraction of sp³-hybridized carbons (Fsp3) is 0.357. The number of halogens is 1. The molecule has 0 aliphatic heterocycles. The molecule has 0 aromatic carbocycles. The SMILES string of the molecule is COC(=O)c1c(Br)c(-c2ccco2)n(C2CC2)c1C. The Morgan fingerprint density at radius 3 is 2.79 bits per heavy atom. The second-order valence-electron chi connectivity index (χ2n) is 4.69. The van der Waals surface area contributed by atoms with Crippen LogP contribution in [-0.4, -0.2) is 17.6 Å². The largest absolute Gasteiger partial charge is 0.465 e. The molecule has 1 saturated carbocycles. The molecule has 0 N–H and O–H groups in total. The van der Waals surface area contributed by atoms with E-state index in [4.69, 9.17) is 9.15 Å². The van der Waals surface area contributed by atoms with Gasteiger partial charge in [-0.05, 0) is 47.8 Å². The molecule has 0 spiro atoms. The first-order chi connectivity index (χ1) is 9.15. The van der Waals surface area contributed by atoms with Gasteiger partial charge in [-0.1, -0.05) is 0 Å². The zero-order valence-electron chi connectivity index (χ0n) is 10.8. The molecule has 0 unspecified atom stereocenters. The topological polar surface area (TPSA) is 44.4 Å². The average molecular weight is 324 g/mol. The number of aromatic nitrogens is 1. The molecule has 100 valence electrons. The quantitative estimate of drug-likeness (QED) is 0.803. The van der Waals surface area contributed by atoms with E-state index in [9.17, 15) is 4.79 Å². The normalized spacial score (nSPS) is 14.7. The van der Waals surface area contributed by atoms with Gasteiger partial charge in [0.15, 0.2) is 5.76 Å². The van der Waals surface area contributed by atoms with Crippen LogP contribution < -0.4 is 0 Å². The van der Waals surface area contributed by atoms with Crippen molar-refractivity contribution in [3.05, 3.63) is 34.1 Å². The number of esters is 1. The van der Waals surface area contributed by atoms with Gasteiger partial charge in [-0.25, -0.2) is 4.79 Å². The zero-order valence-corrected chi connectivity index (χ0v) is 12.4. The highest BCUT2D eigenvalue weighted by atomic mass is 79.9. The van der Waals surface area contributed by atoms with E-state index >= 15 is 0 Å². The molecule has 2 heterocycles. The molecule has 2 aromatic rings. The van der Waals surface area contributed by atoms with Crippen molar-refractivity contribution in [1.82, 2.24) is 4.57 Å². The number of rotatable bonds is 3. The van der Waals surface area contributed by atoms with Crippen molar-refractivity contribution in [2.45, 2.75) is 25.8 Å². The fourth-order valence-corrected chi connectivity index (χ4v) is 3.28. The summed E-state index contributed by atoms with van der Waals surface area (Å²) in [4.78, 5) is 11.9. The standard InChI is InChI=1S/C14H14BrNO3/c1-8-11(14(17)18-2)12(15)13(10-4-3-7-19-10)16(8)9-5-6-9/h3-4,7,9H,5-6H2,1-2H3. The summed E-state index contributed by atoms with van der Waals surface area (Å²) in [5, 5.41) is 0. The minimum atomic E-state index is -0.323. The molecule has 0 amide bonds. The number of hydrogen-bond acceptors (Lipinski definition) is 3. The van der Waals surface area contributed by atoms with Gasteiger partial charge in [0.25, 0.3) is 0 Å². The molecule has 3 rings (SSSR count). The van der Waals surface area contributed by atoms with Gasteiger partial charge in [0, 0.05) is 11.7 Å². The molecule has 2 aromatic heterocycles. The Balaban J connectivity index is 2.25. The number of methoxy groups -OCH3 is 1. The summed E-state index contributed by atoms with van der Waals surface area (Å²) in [6.07, 6.45) is 3.91. The van der Waals surface area contributed by atoms with E-state index in [1.165, 1.54) is 7.11 Å². The molecule has 4 nitrogen and oxygen atoms in total. The number of nitrogens with zero attached hydrogens (tertiary/aromatic N) is 1. The van der Waals surface area contributed by atoms with E-state index in [1.54, 1.807) is 6.26 Å². The fourth-order valence-electron chi connectivity index (χ4n) is 2.44. The van der Waals surface area contributed by atoms with Crippen LogP contribution in [0.3, 0.4) is 0 Å². The van der Waals surface area contributed by atoms with Crippen LogP contribution in [0.5, 0.6) is 0 Å². The number of furan rings is 1. The second-order valence-corrected chi connectivity index (χ2v) is 5.49. The van der Waals surface area contributed by atoms with Crippen LogP contribution in [-0.2, 0) is 4.74 Å². The monoisotopic (exact) mass is 323 g/mol. The van der Waals surface area contributed by atoms with Crippen LogP contribution in [0, 0.1) is 6.92 Å². The minimum absolute atomic E-state index is 0.323. The van der Waals surface area contributed by atoms with Gasteiger partial charge in [-0.2, -0.15) is 0 Å². The van der Waals surface area contributed by atoms with E-state index in [0.29, 0.717) is 11.6 Å². The number of ether oxygens (including phenoxy) is 1. The number of carbonyl (C=O) groups is 1. The van der Waals surface area contributed by atoms with Gasteiger partial charge in [0.2, 0.25) is 0 Å². The summed E-state index contributed by atoms with van der Waals surface area (Å²) in [5.41, 5.74) is 2.43. The van der Waals surface area contributed by atoms with Crippen LogP contribution in [0.2, 0.25) is 0 Å². The first-order valence-electron chi connectivity index (χ1n) is 6.17. The van der Waals surface area contributed by atoms with Gasteiger partial charge in [0.1, 0.15) is 0 Å². The lowest BCUT2D eigenvalue weighted by molar-refractivity contribution is 0.0599. The molecule has 19 heavy (non-hydrogen) atoms. The Hall–Kier alpha value is -1.49. The van der Waals surface area contributed by atoms with Gasteiger partial charge in [-0.3, -0.25) is 0 Å². The Labute approximate surface area is 119 Å². The van der Waals surface area contributed by atoms with Crippen molar-refractivity contribution in [3.63, 3.8) is 0 Å². The lowest BCUT2D eigenvalue weighted by Crippen LogP contribution is -2.05. The molecule has 0 saturated heterocycles. The average Bonchev–Trinajstić information content (AvgIpc) is 3.01. The molecular formula is C14H14BrNO3. The van der Waals surface area contributed by atoms with Gasteiger partial charge < -0.3 is 13.7 Å². The molecule has 0 atom stereocenters. The summed E-state index contributed by atoms with van der Waals surface area (Å²) in [6, 6.07) is 4.20. The lowest BCUT2D eigenvalue weighted by Gasteiger charge is -2.08. The predicted octanol–water partition coefficient (Wildman–Crippen LogP) is 3.94. The van der Waals surface area contributed by atoms with Crippen LogP contribution >= 0.6 is 15.9 Å². The molecular weight excluding hydrogens is 310 g/mol. The molecule has 5 heteroatoms. The van der Waals surface area contributed by atoms with Crippen molar-refractivity contribution in [2.75, 3.05) is 7.11 Å². The van der Waals surface area contributed by atoms with E-state index in [0.717, 1.165) is 34.5 Å². The Morgan fingerprint density at radius 2 is 2.26 bits per heavy atom. The Morgan fingerprint density at radius 1 is 1.53 bits per heavy atom. The summed E-state index contributed by atoms with van der Waals surface area (Å²) in [6.45, 7) is 1.95. The van der Waals surface area contributed by atoms with E-state index in [1.807, 2.05) is 19.1 Å². The maximum Gasteiger partial charge on any atom is 0.340 e. The highest BCUT2D eigenvalue weighted by Gasteiger charge is 2.34. The van der Waals surface area contributed by atoms with Gasteiger partial charge >= 0.3 is 5.97 Å². The Bertz CT molecular complexity index is 624. The van der Waals surface area contributed by atoms with Crippen molar-refractivity contribution in [3.8, 4) is 11.5 Å². The zero-order chi connectivity index (χ0) is 13.6. The van der Waals surface area contributed by atoms with E-state index in [2.05, 4.69) is 20.5 Å². The summed E-state index contributed by atoms with van der Waals surface area (Å²) in [5.74, 6) is 0.439. The number of carbonyl (C=O) groups excluding carboxylic acids is 1. The lowest BCUT2D eigenvalue weighted by atomic mass is 10.2. The summed E-state index contributed by atoms with van der Waals surface area (Å²) < 4.78 is 13.3. The minimum Gasteiger partial charge on any atom is -0.465 e. The second kappa shape index (κ2) is 4.56. The van der Waals surface area contributed by atoms with Crippen LogP contribution in [0.1, 0.15) is 34.9 Å². The maximum absolute atomic E-state index is 11.9. The van der Waals surface area contributed by atoms with Crippen molar-refractivity contribution in [2.24, 2.45) is 0 Å². The third-order valence-electron chi connectivity index (χ3n) is 3.45.